The number of carbonyl (C=O) groups is 1. The summed E-state index contributed by atoms with van der Waals surface area (Å²) < 4.78 is 7.47. The molecular formula is C23H32N4O2. The number of nitrogens with one attached hydrogen (secondary N) is 1. The van der Waals surface area contributed by atoms with Gasteiger partial charge in [0.1, 0.15) is 0 Å². The molecule has 6 heteroatoms. The van der Waals surface area contributed by atoms with E-state index >= 15 is 0 Å². The van der Waals surface area contributed by atoms with E-state index in [9.17, 15) is 4.79 Å². The number of aromatic nitrogens is 2. The van der Waals surface area contributed by atoms with Crippen molar-refractivity contribution < 1.29 is 9.53 Å². The quantitative estimate of drug-likeness (QED) is 0.782. The van der Waals surface area contributed by atoms with Crippen molar-refractivity contribution >= 4 is 5.91 Å². The summed E-state index contributed by atoms with van der Waals surface area (Å²) in [5, 5.41) is 7.92. The lowest BCUT2D eigenvalue weighted by atomic mass is 10.0. The molecule has 0 radical (unpaired) electrons. The number of amides is 1. The molecule has 1 N–H and O–H groups in total. The van der Waals surface area contributed by atoms with E-state index in [1.807, 2.05) is 35.0 Å². The molecule has 1 atom stereocenters. The predicted octanol–water partition coefficient (Wildman–Crippen LogP) is 2.84. The molecular weight excluding hydrogens is 364 g/mol. The Kier molecular flexibility index (Phi) is 6.31. The first-order valence-corrected chi connectivity index (χ1v) is 10.9. The minimum Gasteiger partial charge on any atom is -0.379 e. The first-order chi connectivity index (χ1) is 14.1. The third-order valence-electron chi connectivity index (χ3n) is 5.95. The van der Waals surface area contributed by atoms with Gasteiger partial charge in [-0.3, -0.25) is 9.69 Å². The van der Waals surface area contributed by atoms with Gasteiger partial charge in [-0.25, -0.2) is 4.68 Å². The van der Waals surface area contributed by atoms with Crippen molar-refractivity contribution in [2.24, 2.45) is 5.92 Å². The molecule has 0 spiro atoms. The fraction of sp³-hybridized carbons (Fsp3) is 0.565. The zero-order valence-corrected chi connectivity index (χ0v) is 17.6. The van der Waals surface area contributed by atoms with E-state index in [1.54, 1.807) is 0 Å². The summed E-state index contributed by atoms with van der Waals surface area (Å²) in [4.78, 5) is 15.5. The molecule has 156 valence electrons. The number of nitrogens with zero attached hydrogens (tertiary/aromatic N) is 3. The van der Waals surface area contributed by atoms with Crippen LogP contribution in [-0.2, 0) is 17.6 Å². The monoisotopic (exact) mass is 396 g/mol. The molecule has 1 unspecified atom stereocenters. The van der Waals surface area contributed by atoms with Gasteiger partial charge in [-0.2, -0.15) is 5.10 Å². The van der Waals surface area contributed by atoms with E-state index in [2.05, 4.69) is 24.1 Å². The van der Waals surface area contributed by atoms with Crippen molar-refractivity contribution in [3.05, 3.63) is 47.3 Å². The molecule has 1 aliphatic heterocycles. The van der Waals surface area contributed by atoms with Crippen LogP contribution in [-0.4, -0.2) is 59.5 Å². The summed E-state index contributed by atoms with van der Waals surface area (Å²) in [6.07, 6.45) is 4.07. The van der Waals surface area contributed by atoms with Crippen molar-refractivity contribution in [1.29, 1.82) is 0 Å². The number of hydrogen-bond acceptors (Lipinski definition) is 4. The van der Waals surface area contributed by atoms with E-state index in [0.717, 1.165) is 63.2 Å². The molecule has 1 amide bonds. The molecule has 4 rings (SSSR count). The smallest absolute Gasteiger partial charge is 0.272 e. The van der Waals surface area contributed by atoms with E-state index in [1.165, 1.54) is 5.69 Å². The molecule has 2 heterocycles. The maximum atomic E-state index is 13.1. The molecule has 0 bridgehead atoms. The van der Waals surface area contributed by atoms with Gasteiger partial charge in [0.25, 0.3) is 5.91 Å². The van der Waals surface area contributed by atoms with Gasteiger partial charge in [0.05, 0.1) is 18.9 Å². The van der Waals surface area contributed by atoms with Gasteiger partial charge in [0.2, 0.25) is 0 Å². The van der Waals surface area contributed by atoms with Crippen LogP contribution < -0.4 is 5.32 Å². The van der Waals surface area contributed by atoms with Crippen LogP contribution in [0.25, 0.3) is 5.69 Å². The lowest BCUT2D eigenvalue weighted by Gasteiger charge is -2.35. The lowest BCUT2D eigenvalue weighted by Crippen LogP contribution is -2.49. The van der Waals surface area contributed by atoms with Gasteiger partial charge in [0, 0.05) is 36.9 Å². The second-order valence-electron chi connectivity index (χ2n) is 8.52. The minimum atomic E-state index is -0.0418. The largest absolute Gasteiger partial charge is 0.379 e. The Labute approximate surface area is 173 Å². The van der Waals surface area contributed by atoms with Crippen molar-refractivity contribution in [1.82, 2.24) is 20.0 Å². The first kappa shape index (κ1) is 20.1. The third kappa shape index (κ3) is 4.54. The molecule has 1 aromatic heterocycles. The summed E-state index contributed by atoms with van der Waals surface area (Å²) in [6.45, 7) is 8.56. The highest BCUT2D eigenvalue weighted by atomic mass is 16.5. The third-order valence-corrected chi connectivity index (χ3v) is 5.95. The van der Waals surface area contributed by atoms with Crippen LogP contribution in [0.4, 0.5) is 0 Å². The van der Waals surface area contributed by atoms with Crippen LogP contribution in [0.5, 0.6) is 0 Å². The fourth-order valence-electron chi connectivity index (χ4n) is 4.55. The number of morpholine rings is 1. The van der Waals surface area contributed by atoms with Gasteiger partial charge in [0.15, 0.2) is 5.69 Å². The Morgan fingerprint density at radius 3 is 2.66 bits per heavy atom. The Hall–Kier alpha value is -2.18. The molecule has 1 aromatic carbocycles. The molecule has 1 saturated heterocycles. The summed E-state index contributed by atoms with van der Waals surface area (Å²) in [6, 6.07) is 10.5. The number of rotatable bonds is 7. The highest BCUT2D eigenvalue weighted by molar-refractivity contribution is 5.94. The fourth-order valence-corrected chi connectivity index (χ4v) is 4.55. The SMILES string of the molecule is CC(C)CC(CNC(=O)c1nn(-c2ccccc2)c2c1CCC2)N1CCOCC1. The van der Waals surface area contributed by atoms with E-state index in [4.69, 9.17) is 9.84 Å². The van der Waals surface area contributed by atoms with Crippen LogP contribution in [0.2, 0.25) is 0 Å². The number of carbonyl (C=O) groups excluding carboxylic acids is 1. The Balaban J connectivity index is 1.49. The van der Waals surface area contributed by atoms with Gasteiger partial charge in [-0.15, -0.1) is 0 Å². The molecule has 2 aromatic rings. The molecule has 29 heavy (non-hydrogen) atoms. The maximum absolute atomic E-state index is 13.1. The van der Waals surface area contributed by atoms with Gasteiger partial charge >= 0.3 is 0 Å². The summed E-state index contributed by atoms with van der Waals surface area (Å²) in [5.74, 6) is 0.543. The van der Waals surface area contributed by atoms with Crippen LogP contribution in [0.15, 0.2) is 30.3 Å². The van der Waals surface area contributed by atoms with Crippen LogP contribution in [0.3, 0.4) is 0 Å². The first-order valence-electron chi connectivity index (χ1n) is 10.9. The van der Waals surface area contributed by atoms with Crippen molar-refractivity contribution in [3.63, 3.8) is 0 Å². The van der Waals surface area contributed by atoms with Crippen LogP contribution in [0.1, 0.15) is 48.4 Å². The standard InChI is InChI=1S/C23H32N4O2/c1-17(2)15-19(26-11-13-29-14-12-26)16-24-23(28)22-20-9-6-10-21(20)27(25-22)18-7-4-3-5-8-18/h3-5,7-8,17,19H,6,9-16H2,1-2H3,(H,24,28). The van der Waals surface area contributed by atoms with Gasteiger partial charge in [-0.05, 0) is 43.7 Å². The summed E-state index contributed by atoms with van der Waals surface area (Å²) in [7, 11) is 0. The van der Waals surface area contributed by atoms with Gasteiger partial charge in [-0.1, -0.05) is 32.0 Å². The average molecular weight is 397 g/mol. The van der Waals surface area contributed by atoms with E-state index in [-0.39, 0.29) is 5.91 Å². The molecule has 2 aliphatic rings. The van der Waals surface area contributed by atoms with Crippen LogP contribution >= 0.6 is 0 Å². The van der Waals surface area contributed by atoms with Crippen molar-refractivity contribution in [3.8, 4) is 5.69 Å². The molecule has 1 fully saturated rings. The average Bonchev–Trinajstić information content (AvgIpc) is 3.35. The predicted molar refractivity (Wildman–Crippen MR) is 114 cm³/mol. The summed E-state index contributed by atoms with van der Waals surface area (Å²) in [5.41, 5.74) is 3.94. The molecule has 0 saturated carbocycles. The number of ether oxygens (including phenoxy) is 1. The number of hydrogen-bond donors (Lipinski definition) is 1. The highest BCUT2D eigenvalue weighted by Crippen LogP contribution is 2.27. The normalized spacial score (nSPS) is 18.0. The zero-order valence-electron chi connectivity index (χ0n) is 17.6. The topological polar surface area (TPSA) is 59.4 Å². The number of para-hydroxylation sites is 1. The Bertz CT molecular complexity index is 825. The Morgan fingerprint density at radius 2 is 1.93 bits per heavy atom. The maximum Gasteiger partial charge on any atom is 0.272 e. The van der Waals surface area contributed by atoms with Crippen molar-refractivity contribution in [2.45, 2.75) is 45.6 Å². The Morgan fingerprint density at radius 1 is 1.17 bits per heavy atom. The summed E-state index contributed by atoms with van der Waals surface area (Å²) >= 11 is 0. The van der Waals surface area contributed by atoms with Crippen LogP contribution in [0, 0.1) is 5.92 Å². The lowest BCUT2D eigenvalue weighted by molar-refractivity contribution is 0.0124. The minimum absolute atomic E-state index is 0.0418. The van der Waals surface area contributed by atoms with E-state index in [0.29, 0.717) is 24.2 Å². The molecule has 6 nitrogen and oxygen atoms in total. The second kappa shape index (κ2) is 9.09. The number of benzene rings is 1. The molecule has 1 aliphatic carbocycles. The van der Waals surface area contributed by atoms with Crippen molar-refractivity contribution in [2.75, 3.05) is 32.8 Å². The van der Waals surface area contributed by atoms with E-state index < -0.39 is 0 Å². The second-order valence-corrected chi connectivity index (χ2v) is 8.52. The van der Waals surface area contributed by atoms with Gasteiger partial charge < -0.3 is 10.1 Å². The highest BCUT2D eigenvalue weighted by Gasteiger charge is 2.28. The zero-order chi connectivity index (χ0) is 20.2. The number of fused-ring (bicyclic) bond motifs is 1.